The standard InChI is InChI=1S/C24H40N2O2/c1-6-22(19(3)17-26(4)5)20-12-11-13-21(16-20)28-23(27)25-18-24(7-2)14-9-8-10-15-24/h11-13,16,19,22H,6-10,14-15,17-18H2,1-5H3,(H,25,27)/t19-,22-/m0/s1. The number of nitrogens with one attached hydrogen (secondary N) is 1. The van der Waals surface area contributed by atoms with Gasteiger partial charge in [0.1, 0.15) is 5.75 Å². The summed E-state index contributed by atoms with van der Waals surface area (Å²) in [5.41, 5.74) is 1.51. The highest BCUT2D eigenvalue weighted by atomic mass is 16.6. The molecule has 1 saturated carbocycles. The lowest BCUT2D eigenvalue weighted by Gasteiger charge is -2.36. The van der Waals surface area contributed by atoms with E-state index in [1.807, 2.05) is 18.2 Å². The van der Waals surface area contributed by atoms with E-state index in [4.69, 9.17) is 4.74 Å². The van der Waals surface area contributed by atoms with E-state index in [-0.39, 0.29) is 11.5 Å². The molecule has 28 heavy (non-hydrogen) atoms. The Labute approximate surface area is 172 Å². The number of carbonyl (C=O) groups is 1. The smallest absolute Gasteiger partial charge is 0.410 e. The summed E-state index contributed by atoms with van der Waals surface area (Å²) < 4.78 is 5.63. The highest BCUT2D eigenvalue weighted by molar-refractivity contribution is 5.70. The van der Waals surface area contributed by atoms with Crippen molar-refractivity contribution in [2.45, 2.75) is 71.6 Å². The van der Waals surface area contributed by atoms with E-state index in [2.05, 4.69) is 51.1 Å². The van der Waals surface area contributed by atoms with Crippen molar-refractivity contribution in [3.05, 3.63) is 29.8 Å². The third-order valence-corrected chi connectivity index (χ3v) is 6.55. The predicted octanol–water partition coefficient (Wildman–Crippen LogP) is 5.83. The van der Waals surface area contributed by atoms with Gasteiger partial charge in [0.2, 0.25) is 0 Å². The topological polar surface area (TPSA) is 41.6 Å². The monoisotopic (exact) mass is 388 g/mol. The zero-order valence-corrected chi connectivity index (χ0v) is 18.6. The van der Waals surface area contributed by atoms with Gasteiger partial charge < -0.3 is 15.0 Å². The van der Waals surface area contributed by atoms with E-state index in [1.54, 1.807) is 0 Å². The SMILES string of the molecule is CC[C@H](c1cccc(OC(=O)NCC2(CC)CCCCC2)c1)[C@@H](C)CN(C)C. The number of hydrogen-bond acceptors (Lipinski definition) is 3. The number of rotatable bonds is 9. The summed E-state index contributed by atoms with van der Waals surface area (Å²) in [6, 6.07) is 8.07. The summed E-state index contributed by atoms with van der Waals surface area (Å²) in [7, 11) is 4.23. The van der Waals surface area contributed by atoms with Crippen molar-refractivity contribution in [3.63, 3.8) is 0 Å². The maximum atomic E-state index is 12.4. The molecule has 1 aromatic carbocycles. The van der Waals surface area contributed by atoms with Gasteiger partial charge in [-0.2, -0.15) is 0 Å². The van der Waals surface area contributed by atoms with Crippen LogP contribution in [0.4, 0.5) is 4.79 Å². The second-order valence-electron chi connectivity index (χ2n) is 8.98. The summed E-state index contributed by atoms with van der Waals surface area (Å²) >= 11 is 0. The van der Waals surface area contributed by atoms with Gasteiger partial charge in [-0.1, -0.05) is 52.2 Å². The zero-order chi connectivity index (χ0) is 20.6. The lowest BCUT2D eigenvalue weighted by molar-refractivity contribution is 0.159. The maximum absolute atomic E-state index is 12.4. The fourth-order valence-electron chi connectivity index (χ4n) is 4.84. The predicted molar refractivity (Wildman–Crippen MR) is 117 cm³/mol. The van der Waals surface area contributed by atoms with Gasteiger partial charge in [-0.3, -0.25) is 0 Å². The minimum absolute atomic E-state index is 0.258. The van der Waals surface area contributed by atoms with E-state index < -0.39 is 0 Å². The zero-order valence-electron chi connectivity index (χ0n) is 18.6. The molecule has 2 rings (SSSR count). The average molecular weight is 389 g/mol. The van der Waals surface area contributed by atoms with Crippen LogP contribution in [0.15, 0.2) is 24.3 Å². The molecule has 0 aromatic heterocycles. The van der Waals surface area contributed by atoms with Crippen LogP contribution in [0.5, 0.6) is 5.75 Å². The maximum Gasteiger partial charge on any atom is 0.412 e. The number of benzene rings is 1. The molecular formula is C24H40N2O2. The van der Waals surface area contributed by atoms with Crippen LogP contribution in [0.2, 0.25) is 0 Å². The molecule has 1 fully saturated rings. The van der Waals surface area contributed by atoms with E-state index in [0.29, 0.717) is 17.6 Å². The first-order chi connectivity index (χ1) is 13.4. The van der Waals surface area contributed by atoms with Gasteiger partial charge in [0.05, 0.1) is 0 Å². The van der Waals surface area contributed by atoms with E-state index in [1.165, 1.54) is 37.7 Å². The number of nitrogens with zero attached hydrogens (tertiary/aromatic N) is 1. The van der Waals surface area contributed by atoms with Crippen molar-refractivity contribution in [1.82, 2.24) is 10.2 Å². The highest BCUT2D eigenvalue weighted by Gasteiger charge is 2.30. The molecule has 0 radical (unpaired) electrons. The fourth-order valence-corrected chi connectivity index (χ4v) is 4.84. The first kappa shape index (κ1) is 22.7. The van der Waals surface area contributed by atoms with Gasteiger partial charge in [0, 0.05) is 13.1 Å². The normalized spacial score (nSPS) is 18.5. The second kappa shape index (κ2) is 10.8. The molecular weight excluding hydrogens is 348 g/mol. The molecule has 0 bridgehead atoms. The Bertz CT molecular complexity index is 608. The van der Waals surface area contributed by atoms with Crippen molar-refractivity contribution in [2.75, 3.05) is 27.2 Å². The molecule has 0 unspecified atom stereocenters. The van der Waals surface area contributed by atoms with Crippen molar-refractivity contribution in [2.24, 2.45) is 11.3 Å². The van der Waals surface area contributed by atoms with Crippen LogP contribution >= 0.6 is 0 Å². The molecule has 0 spiro atoms. The minimum Gasteiger partial charge on any atom is -0.410 e. The molecule has 4 nitrogen and oxygen atoms in total. The number of amides is 1. The van der Waals surface area contributed by atoms with Crippen LogP contribution in [-0.4, -0.2) is 38.2 Å². The summed E-state index contributed by atoms with van der Waals surface area (Å²) in [6.07, 6.45) is 8.15. The highest BCUT2D eigenvalue weighted by Crippen LogP contribution is 2.38. The van der Waals surface area contributed by atoms with E-state index >= 15 is 0 Å². The number of carbonyl (C=O) groups excluding carboxylic acids is 1. The number of hydrogen-bond donors (Lipinski definition) is 1. The molecule has 1 N–H and O–H groups in total. The molecule has 0 aliphatic heterocycles. The second-order valence-corrected chi connectivity index (χ2v) is 8.98. The lowest BCUT2D eigenvalue weighted by atomic mass is 9.72. The van der Waals surface area contributed by atoms with Gasteiger partial charge >= 0.3 is 6.09 Å². The molecule has 0 saturated heterocycles. The molecule has 0 heterocycles. The van der Waals surface area contributed by atoms with Crippen molar-refractivity contribution >= 4 is 6.09 Å². The van der Waals surface area contributed by atoms with Gasteiger partial charge in [-0.25, -0.2) is 4.79 Å². The van der Waals surface area contributed by atoms with Crippen LogP contribution in [0, 0.1) is 11.3 Å². The first-order valence-corrected chi connectivity index (χ1v) is 11.1. The van der Waals surface area contributed by atoms with Crippen molar-refractivity contribution in [3.8, 4) is 5.75 Å². The van der Waals surface area contributed by atoms with Crippen LogP contribution in [0.3, 0.4) is 0 Å². The summed E-state index contributed by atoms with van der Waals surface area (Å²) in [4.78, 5) is 14.6. The summed E-state index contributed by atoms with van der Waals surface area (Å²) in [5.74, 6) is 1.64. The molecule has 158 valence electrons. The molecule has 1 aliphatic carbocycles. The number of ether oxygens (including phenoxy) is 1. The minimum atomic E-state index is -0.329. The molecule has 1 aliphatic rings. The average Bonchev–Trinajstić information content (AvgIpc) is 2.67. The largest absolute Gasteiger partial charge is 0.412 e. The Morgan fingerprint density at radius 3 is 2.54 bits per heavy atom. The summed E-state index contributed by atoms with van der Waals surface area (Å²) in [6.45, 7) is 8.53. The van der Waals surface area contributed by atoms with Crippen LogP contribution in [0.25, 0.3) is 0 Å². The van der Waals surface area contributed by atoms with Crippen molar-refractivity contribution in [1.29, 1.82) is 0 Å². The van der Waals surface area contributed by atoms with Crippen LogP contribution < -0.4 is 10.1 Å². The lowest BCUT2D eigenvalue weighted by Crippen LogP contribution is -2.39. The van der Waals surface area contributed by atoms with Gasteiger partial charge in [-0.15, -0.1) is 0 Å². The van der Waals surface area contributed by atoms with E-state index in [9.17, 15) is 4.79 Å². The Balaban J connectivity index is 1.96. The Morgan fingerprint density at radius 2 is 1.93 bits per heavy atom. The van der Waals surface area contributed by atoms with Crippen LogP contribution in [-0.2, 0) is 0 Å². The molecule has 1 amide bonds. The van der Waals surface area contributed by atoms with Crippen molar-refractivity contribution < 1.29 is 9.53 Å². The third kappa shape index (κ3) is 6.51. The Hall–Kier alpha value is -1.55. The Morgan fingerprint density at radius 1 is 1.21 bits per heavy atom. The van der Waals surface area contributed by atoms with Gasteiger partial charge in [-0.05, 0) is 74.7 Å². The summed E-state index contributed by atoms with van der Waals surface area (Å²) in [5, 5.41) is 3.04. The van der Waals surface area contributed by atoms with E-state index in [0.717, 1.165) is 25.9 Å². The van der Waals surface area contributed by atoms with Gasteiger partial charge in [0.15, 0.2) is 0 Å². The molecule has 1 aromatic rings. The quantitative estimate of drug-likeness (QED) is 0.579. The Kier molecular flexibility index (Phi) is 8.81. The van der Waals surface area contributed by atoms with Gasteiger partial charge in [0.25, 0.3) is 0 Å². The molecule has 2 atom stereocenters. The van der Waals surface area contributed by atoms with Crippen LogP contribution in [0.1, 0.15) is 77.2 Å². The molecule has 4 heteroatoms. The fraction of sp³-hybridized carbons (Fsp3) is 0.708. The third-order valence-electron chi connectivity index (χ3n) is 6.55. The first-order valence-electron chi connectivity index (χ1n) is 11.1.